The maximum atomic E-state index is 12.8. The molecule has 29 heavy (non-hydrogen) atoms. The van der Waals surface area contributed by atoms with Crippen LogP contribution in [0.3, 0.4) is 0 Å². The number of nitrogens with zero attached hydrogens (tertiary/aromatic N) is 5. The van der Waals surface area contributed by atoms with E-state index in [9.17, 15) is 18.0 Å². The fraction of sp³-hybridized carbons (Fsp3) is 0.0556. The monoisotopic (exact) mass is 418 g/mol. The lowest BCUT2D eigenvalue weighted by Crippen LogP contribution is -2.17. The predicted octanol–water partition coefficient (Wildman–Crippen LogP) is 4.11. The molecule has 0 spiro atoms. The molecule has 0 bridgehead atoms. The van der Waals surface area contributed by atoms with Crippen LogP contribution in [0.2, 0.25) is 5.02 Å². The highest BCUT2D eigenvalue weighted by molar-refractivity contribution is 6.30. The van der Waals surface area contributed by atoms with E-state index in [1.807, 2.05) is 0 Å². The van der Waals surface area contributed by atoms with Crippen LogP contribution in [0.25, 0.3) is 17.0 Å². The van der Waals surface area contributed by atoms with Crippen LogP contribution in [0.1, 0.15) is 16.2 Å². The number of benzene rings is 1. The molecule has 0 unspecified atom stereocenters. The first kappa shape index (κ1) is 18.8. The SMILES string of the molecule is O=C(Nc1cccc(C(F)(F)F)n1)c1ccc2nnc(-c3cccc(Cl)c3)n2n1. The summed E-state index contributed by atoms with van der Waals surface area (Å²) in [5.74, 6) is -0.621. The van der Waals surface area contributed by atoms with E-state index < -0.39 is 17.8 Å². The van der Waals surface area contributed by atoms with Crippen LogP contribution in [-0.2, 0) is 6.18 Å². The van der Waals surface area contributed by atoms with Crippen molar-refractivity contribution in [3.63, 3.8) is 0 Å². The average Bonchev–Trinajstić information content (AvgIpc) is 3.11. The van der Waals surface area contributed by atoms with Gasteiger partial charge in [0.2, 0.25) is 0 Å². The number of carbonyl (C=O) groups is 1. The van der Waals surface area contributed by atoms with E-state index in [2.05, 4.69) is 25.6 Å². The van der Waals surface area contributed by atoms with Crippen molar-refractivity contribution in [1.29, 1.82) is 0 Å². The van der Waals surface area contributed by atoms with Crippen molar-refractivity contribution in [3.05, 3.63) is 71.0 Å². The van der Waals surface area contributed by atoms with Gasteiger partial charge in [0.25, 0.3) is 5.91 Å². The topological polar surface area (TPSA) is 85.1 Å². The minimum Gasteiger partial charge on any atom is -0.305 e. The summed E-state index contributed by atoms with van der Waals surface area (Å²) >= 11 is 6.00. The van der Waals surface area contributed by atoms with Gasteiger partial charge in [-0.3, -0.25) is 4.79 Å². The molecule has 1 aromatic carbocycles. The van der Waals surface area contributed by atoms with Crippen LogP contribution in [0.4, 0.5) is 19.0 Å². The summed E-state index contributed by atoms with van der Waals surface area (Å²) in [6.07, 6.45) is -4.62. The highest BCUT2D eigenvalue weighted by Gasteiger charge is 2.32. The number of halogens is 4. The van der Waals surface area contributed by atoms with Crippen LogP contribution < -0.4 is 5.32 Å². The Balaban J connectivity index is 1.66. The van der Waals surface area contributed by atoms with Crippen LogP contribution in [0, 0.1) is 0 Å². The molecule has 7 nitrogen and oxygen atoms in total. The van der Waals surface area contributed by atoms with E-state index in [4.69, 9.17) is 11.6 Å². The first-order valence-corrected chi connectivity index (χ1v) is 8.53. The van der Waals surface area contributed by atoms with Crippen molar-refractivity contribution in [2.24, 2.45) is 0 Å². The van der Waals surface area contributed by atoms with Crippen LogP contribution in [0.15, 0.2) is 54.6 Å². The largest absolute Gasteiger partial charge is 0.433 e. The number of aromatic nitrogens is 5. The van der Waals surface area contributed by atoms with Gasteiger partial charge in [0, 0.05) is 10.6 Å². The molecule has 1 amide bonds. The van der Waals surface area contributed by atoms with E-state index in [0.29, 0.717) is 22.1 Å². The molecule has 4 aromatic rings. The third-order valence-electron chi connectivity index (χ3n) is 3.86. The van der Waals surface area contributed by atoms with Crippen molar-refractivity contribution in [2.45, 2.75) is 6.18 Å². The van der Waals surface area contributed by atoms with Gasteiger partial charge < -0.3 is 5.32 Å². The van der Waals surface area contributed by atoms with Crippen molar-refractivity contribution >= 4 is 29.0 Å². The van der Waals surface area contributed by atoms with E-state index in [-0.39, 0.29) is 11.5 Å². The average molecular weight is 419 g/mol. The minimum absolute atomic E-state index is 0.0558. The molecule has 0 atom stereocenters. The summed E-state index contributed by atoms with van der Waals surface area (Å²) in [5.41, 5.74) is -0.149. The number of nitrogens with one attached hydrogen (secondary N) is 1. The third kappa shape index (κ3) is 3.87. The van der Waals surface area contributed by atoms with Gasteiger partial charge in [-0.1, -0.05) is 29.8 Å². The molecule has 146 valence electrons. The normalized spacial score (nSPS) is 11.6. The lowest BCUT2D eigenvalue weighted by molar-refractivity contribution is -0.141. The van der Waals surface area contributed by atoms with Gasteiger partial charge in [-0.2, -0.15) is 22.8 Å². The molecule has 3 aromatic heterocycles. The summed E-state index contributed by atoms with van der Waals surface area (Å²) in [6.45, 7) is 0. The van der Waals surface area contributed by atoms with E-state index in [0.717, 1.165) is 12.1 Å². The van der Waals surface area contributed by atoms with Crippen molar-refractivity contribution < 1.29 is 18.0 Å². The Hall–Kier alpha value is -3.53. The lowest BCUT2D eigenvalue weighted by Gasteiger charge is -2.08. The molecule has 1 N–H and O–H groups in total. The summed E-state index contributed by atoms with van der Waals surface area (Å²) in [6, 6.07) is 13.0. The van der Waals surface area contributed by atoms with Gasteiger partial charge in [0.05, 0.1) is 0 Å². The molecule has 0 aliphatic rings. The highest BCUT2D eigenvalue weighted by atomic mass is 35.5. The fourth-order valence-corrected chi connectivity index (χ4v) is 2.75. The molecule has 11 heteroatoms. The number of hydrogen-bond donors (Lipinski definition) is 1. The molecule has 0 fully saturated rings. The fourth-order valence-electron chi connectivity index (χ4n) is 2.56. The van der Waals surface area contributed by atoms with Crippen LogP contribution in [0.5, 0.6) is 0 Å². The molecule has 0 aliphatic carbocycles. The molecule has 0 saturated heterocycles. The molecule has 0 aliphatic heterocycles. The van der Waals surface area contributed by atoms with Crippen molar-refractivity contribution in [3.8, 4) is 11.4 Å². The van der Waals surface area contributed by atoms with Gasteiger partial charge in [0.15, 0.2) is 11.5 Å². The molecular weight excluding hydrogens is 409 g/mol. The molecular formula is C18H10ClF3N6O. The maximum Gasteiger partial charge on any atom is 0.433 e. The second-order valence-electron chi connectivity index (χ2n) is 5.88. The minimum atomic E-state index is -4.62. The van der Waals surface area contributed by atoms with Gasteiger partial charge in [-0.05, 0) is 36.4 Å². The number of pyridine rings is 1. The van der Waals surface area contributed by atoms with Gasteiger partial charge >= 0.3 is 6.18 Å². The Kier molecular flexibility index (Phi) is 4.63. The Morgan fingerprint density at radius 1 is 1.03 bits per heavy atom. The Bertz CT molecular complexity index is 1220. The quantitative estimate of drug-likeness (QED) is 0.541. The number of rotatable bonds is 3. The smallest absolute Gasteiger partial charge is 0.305 e. The molecule has 0 radical (unpaired) electrons. The van der Waals surface area contributed by atoms with Gasteiger partial charge in [0.1, 0.15) is 17.2 Å². The summed E-state index contributed by atoms with van der Waals surface area (Å²) < 4.78 is 39.7. The van der Waals surface area contributed by atoms with Crippen molar-refractivity contribution in [2.75, 3.05) is 5.32 Å². The number of alkyl halides is 3. The van der Waals surface area contributed by atoms with E-state index >= 15 is 0 Å². The van der Waals surface area contributed by atoms with Crippen LogP contribution in [-0.4, -0.2) is 30.7 Å². The second kappa shape index (κ2) is 7.13. The first-order valence-electron chi connectivity index (χ1n) is 8.15. The third-order valence-corrected chi connectivity index (χ3v) is 4.09. The van der Waals surface area contributed by atoms with Gasteiger partial charge in [-0.25, -0.2) is 4.98 Å². The number of anilines is 1. The second-order valence-corrected chi connectivity index (χ2v) is 6.32. The number of amides is 1. The Morgan fingerprint density at radius 2 is 1.83 bits per heavy atom. The number of fused-ring (bicyclic) bond motifs is 1. The van der Waals surface area contributed by atoms with E-state index in [1.54, 1.807) is 24.3 Å². The van der Waals surface area contributed by atoms with Gasteiger partial charge in [-0.15, -0.1) is 10.2 Å². The summed E-state index contributed by atoms with van der Waals surface area (Å²) in [5, 5.41) is 15.0. The lowest BCUT2D eigenvalue weighted by atomic mass is 10.2. The zero-order valence-corrected chi connectivity index (χ0v) is 15.1. The molecule has 0 saturated carbocycles. The zero-order valence-electron chi connectivity index (χ0n) is 14.4. The molecule has 3 heterocycles. The van der Waals surface area contributed by atoms with E-state index in [1.165, 1.54) is 22.7 Å². The van der Waals surface area contributed by atoms with Crippen LogP contribution >= 0.6 is 11.6 Å². The highest BCUT2D eigenvalue weighted by Crippen LogP contribution is 2.28. The Morgan fingerprint density at radius 3 is 2.59 bits per heavy atom. The summed E-state index contributed by atoms with van der Waals surface area (Å²) in [4.78, 5) is 15.9. The first-order chi connectivity index (χ1) is 13.8. The predicted molar refractivity (Wildman–Crippen MR) is 98.4 cm³/mol. The standard InChI is InChI=1S/C18H10ClF3N6O/c19-11-4-1-3-10(9-11)16-26-25-15-8-7-12(27-28(15)16)17(29)24-14-6-2-5-13(23-14)18(20,21)22/h1-9H,(H,23,24,29). The Labute approximate surface area is 166 Å². The zero-order chi connectivity index (χ0) is 20.6. The molecule has 4 rings (SSSR count). The number of hydrogen-bond acceptors (Lipinski definition) is 5. The summed E-state index contributed by atoms with van der Waals surface area (Å²) in [7, 11) is 0. The van der Waals surface area contributed by atoms with Crippen molar-refractivity contribution in [1.82, 2.24) is 24.8 Å². The maximum absolute atomic E-state index is 12.8. The number of carbonyl (C=O) groups excluding carboxylic acids is 1.